The highest BCUT2D eigenvalue weighted by molar-refractivity contribution is 8.26. The number of aryl methyl sites for hydroxylation is 1. The van der Waals surface area contributed by atoms with Crippen LogP contribution in [0.25, 0.3) is 6.08 Å². The highest BCUT2D eigenvalue weighted by atomic mass is 32.2. The van der Waals surface area contributed by atoms with E-state index in [2.05, 4.69) is 4.98 Å². The Hall–Kier alpha value is -2.21. The minimum absolute atomic E-state index is 0.0452. The van der Waals surface area contributed by atoms with Crippen molar-refractivity contribution in [3.63, 3.8) is 0 Å². The number of morpholine rings is 1. The molecule has 2 fully saturated rings. The summed E-state index contributed by atoms with van der Waals surface area (Å²) in [5, 5.41) is -0.171. The Morgan fingerprint density at radius 1 is 1.23 bits per heavy atom. The number of hydrogen-bond acceptors (Lipinski definition) is 9. The van der Waals surface area contributed by atoms with Gasteiger partial charge in [0.05, 0.1) is 23.0 Å². The number of anilines is 1. The van der Waals surface area contributed by atoms with E-state index >= 15 is 0 Å². The van der Waals surface area contributed by atoms with Crippen LogP contribution in [0.1, 0.15) is 18.4 Å². The molecule has 4 rings (SSSR count). The Morgan fingerprint density at radius 3 is 2.52 bits per heavy atom. The van der Waals surface area contributed by atoms with E-state index in [1.165, 1.54) is 11.0 Å². The Balaban J connectivity index is 1.78. The zero-order chi connectivity index (χ0) is 22.2. The molecular weight excluding hydrogens is 458 g/mol. The first kappa shape index (κ1) is 22.0. The number of benzene rings is 1. The van der Waals surface area contributed by atoms with Gasteiger partial charge in [-0.1, -0.05) is 41.7 Å². The van der Waals surface area contributed by atoms with Crippen LogP contribution < -0.4 is 4.90 Å². The van der Waals surface area contributed by atoms with E-state index in [0.29, 0.717) is 42.1 Å². The molecule has 0 saturated carbocycles. The second-order valence-corrected chi connectivity index (χ2v) is 10.5. The van der Waals surface area contributed by atoms with Crippen LogP contribution in [-0.4, -0.2) is 61.4 Å². The van der Waals surface area contributed by atoms with Crippen molar-refractivity contribution in [3.8, 4) is 0 Å². The van der Waals surface area contributed by atoms with Crippen molar-refractivity contribution in [1.82, 2.24) is 9.88 Å². The highest BCUT2D eigenvalue weighted by Gasteiger charge is 2.34. The molecule has 1 aromatic carbocycles. The lowest BCUT2D eigenvalue weighted by molar-refractivity contribution is -0.122. The number of sulfone groups is 1. The summed E-state index contributed by atoms with van der Waals surface area (Å²) >= 11 is 6.38. The molecule has 8 nitrogen and oxygen atoms in total. The van der Waals surface area contributed by atoms with Gasteiger partial charge in [-0.05, 0) is 26.0 Å². The van der Waals surface area contributed by atoms with Gasteiger partial charge in [0, 0.05) is 25.7 Å². The lowest BCUT2D eigenvalue weighted by atomic mass is 10.2. The maximum atomic E-state index is 13.4. The fourth-order valence-electron chi connectivity index (χ4n) is 3.23. The van der Waals surface area contributed by atoms with Crippen molar-refractivity contribution in [2.75, 3.05) is 37.7 Å². The summed E-state index contributed by atoms with van der Waals surface area (Å²) in [5.41, 5.74) is 0.950. The maximum Gasteiger partial charge on any atom is 0.266 e. The number of rotatable bonds is 5. The fraction of sp³-hybridized carbons (Fsp3) is 0.350. The summed E-state index contributed by atoms with van der Waals surface area (Å²) in [7, 11) is -3.93. The van der Waals surface area contributed by atoms with Crippen molar-refractivity contribution >= 4 is 56.0 Å². The highest BCUT2D eigenvalue weighted by Crippen LogP contribution is 2.35. The third kappa shape index (κ3) is 4.27. The molecular formula is C20H21N3O5S3. The van der Waals surface area contributed by atoms with Crippen LogP contribution in [0.15, 0.2) is 43.5 Å². The molecule has 0 radical (unpaired) electrons. The lowest BCUT2D eigenvalue weighted by Crippen LogP contribution is -2.36. The number of carbonyl (C=O) groups is 1. The second-order valence-electron chi connectivity index (χ2n) is 7.00. The molecule has 1 amide bonds. The van der Waals surface area contributed by atoms with Crippen molar-refractivity contribution in [2.24, 2.45) is 0 Å². The number of amides is 1. The van der Waals surface area contributed by atoms with Crippen molar-refractivity contribution in [1.29, 1.82) is 0 Å². The molecule has 2 aliphatic rings. The summed E-state index contributed by atoms with van der Waals surface area (Å²) in [6, 6.07) is 6.57. The first-order valence-electron chi connectivity index (χ1n) is 9.72. The van der Waals surface area contributed by atoms with Gasteiger partial charge < -0.3 is 14.1 Å². The number of nitrogens with zero attached hydrogens (tertiary/aromatic N) is 3. The van der Waals surface area contributed by atoms with E-state index in [0.717, 1.165) is 17.3 Å². The van der Waals surface area contributed by atoms with Gasteiger partial charge >= 0.3 is 0 Å². The standard InChI is InChI=1S/C20H21N3O5S3/c1-3-23-18(24)15(30-20(23)29)12-16-21-17(19(28-16)22-8-10-27-11-9-22)31(25,26)14-6-4-13(2)5-7-14/h4-7,12H,3,8-11H2,1-2H3. The number of thioether (sulfide) groups is 1. The zero-order valence-corrected chi connectivity index (χ0v) is 19.5. The topological polar surface area (TPSA) is 93.0 Å². The molecule has 0 bridgehead atoms. The third-order valence-electron chi connectivity index (χ3n) is 4.92. The number of oxazole rings is 1. The summed E-state index contributed by atoms with van der Waals surface area (Å²) in [5.74, 6) is -0.0450. The van der Waals surface area contributed by atoms with Crippen molar-refractivity contribution in [3.05, 3.63) is 40.6 Å². The molecule has 0 unspecified atom stereocenters. The molecule has 0 atom stereocenters. The van der Waals surface area contributed by atoms with Crippen LogP contribution in [-0.2, 0) is 19.4 Å². The number of likely N-dealkylation sites (N-methyl/N-ethyl adjacent to an activating group) is 1. The predicted molar refractivity (Wildman–Crippen MR) is 122 cm³/mol. The monoisotopic (exact) mass is 479 g/mol. The molecule has 0 N–H and O–H groups in total. The molecule has 11 heteroatoms. The Bertz CT molecular complexity index is 1150. The number of hydrogen-bond donors (Lipinski definition) is 0. The van der Waals surface area contributed by atoms with E-state index < -0.39 is 9.84 Å². The molecule has 3 heterocycles. The van der Waals surface area contributed by atoms with Crippen molar-refractivity contribution < 1.29 is 22.4 Å². The van der Waals surface area contributed by atoms with Gasteiger partial charge in [0.15, 0.2) is 0 Å². The van der Waals surface area contributed by atoms with Crippen molar-refractivity contribution in [2.45, 2.75) is 23.8 Å². The van der Waals surface area contributed by atoms with Crippen LogP contribution >= 0.6 is 24.0 Å². The maximum absolute atomic E-state index is 13.4. The first-order valence-corrected chi connectivity index (χ1v) is 12.4. The molecule has 2 aliphatic heterocycles. The van der Waals surface area contributed by atoms with E-state index in [1.54, 1.807) is 29.2 Å². The quantitative estimate of drug-likeness (QED) is 0.474. The van der Waals surface area contributed by atoms with Gasteiger partial charge in [0.25, 0.3) is 5.91 Å². The smallest absolute Gasteiger partial charge is 0.266 e. The average molecular weight is 480 g/mol. The number of thiocarbonyl (C=S) groups is 1. The second kappa shape index (κ2) is 8.73. The minimum Gasteiger partial charge on any atom is -0.420 e. The molecule has 2 saturated heterocycles. The molecule has 0 aliphatic carbocycles. The van der Waals surface area contributed by atoms with Crippen LogP contribution in [0, 0.1) is 6.92 Å². The normalized spacial score (nSPS) is 19.0. The van der Waals surface area contributed by atoms with E-state index in [4.69, 9.17) is 21.4 Å². The van der Waals surface area contributed by atoms with Gasteiger partial charge in [-0.15, -0.1) is 0 Å². The van der Waals surface area contributed by atoms with Crippen LogP contribution in [0.5, 0.6) is 0 Å². The summed E-state index contributed by atoms with van der Waals surface area (Å²) in [6.07, 6.45) is 1.45. The first-order chi connectivity index (χ1) is 14.8. The largest absolute Gasteiger partial charge is 0.420 e. The number of aromatic nitrogens is 1. The third-order valence-corrected chi connectivity index (χ3v) is 7.97. The Kier molecular flexibility index (Phi) is 6.20. The lowest BCUT2D eigenvalue weighted by Gasteiger charge is -2.26. The summed E-state index contributed by atoms with van der Waals surface area (Å²) < 4.78 is 38.4. The molecule has 31 heavy (non-hydrogen) atoms. The summed E-state index contributed by atoms with van der Waals surface area (Å²) in [6.45, 7) is 6.04. The Labute approximate surface area is 190 Å². The summed E-state index contributed by atoms with van der Waals surface area (Å²) in [4.78, 5) is 20.6. The van der Waals surface area contributed by atoms with E-state index in [1.807, 2.05) is 13.8 Å². The van der Waals surface area contributed by atoms with Crippen LogP contribution in [0.3, 0.4) is 0 Å². The number of ether oxygens (including phenoxy) is 1. The minimum atomic E-state index is -3.93. The molecule has 1 aromatic heterocycles. The van der Waals surface area contributed by atoms with Crippen LogP contribution in [0.4, 0.5) is 5.88 Å². The predicted octanol–water partition coefficient (Wildman–Crippen LogP) is 2.87. The van der Waals surface area contributed by atoms with Crippen LogP contribution in [0.2, 0.25) is 0 Å². The SMILES string of the molecule is CCN1C(=O)C(=Cc2nc(S(=O)(=O)c3ccc(C)cc3)c(N3CCOCC3)o2)SC1=S. The van der Waals surface area contributed by atoms with E-state index in [9.17, 15) is 13.2 Å². The Morgan fingerprint density at radius 2 is 1.90 bits per heavy atom. The number of carbonyl (C=O) groups excluding carboxylic acids is 1. The van der Waals surface area contributed by atoms with Gasteiger partial charge in [-0.2, -0.15) is 4.98 Å². The van der Waals surface area contributed by atoms with Gasteiger partial charge in [-0.3, -0.25) is 9.69 Å². The average Bonchev–Trinajstić information content (AvgIpc) is 3.30. The molecule has 164 valence electrons. The molecule has 0 spiro atoms. The fourth-order valence-corrected chi connectivity index (χ4v) is 5.91. The van der Waals surface area contributed by atoms with Gasteiger partial charge in [0.2, 0.25) is 26.6 Å². The van der Waals surface area contributed by atoms with Gasteiger partial charge in [0.1, 0.15) is 4.32 Å². The zero-order valence-electron chi connectivity index (χ0n) is 17.0. The van der Waals surface area contributed by atoms with E-state index in [-0.39, 0.29) is 27.6 Å². The van der Waals surface area contributed by atoms with Gasteiger partial charge in [-0.25, -0.2) is 8.42 Å². The molecule has 2 aromatic rings.